The van der Waals surface area contributed by atoms with Gasteiger partial charge in [-0.15, -0.1) is 13.2 Å². The summed E-state index contributed by atoms with van der Waals surface area (Å²) in [7, 11) is 0. The number of carboxylic acid groups (broad SMARTS) is 1. The largest absolute Gasteiger partial charge is 0.573 e. The molecule has 0 saturated carbocycles. The molecule has 2 heterocycles. The Balaban J connectivity index is 1.79. The van der Waals surface area contributed by atoms with Gasteiger partial charge in [-0.3, -0.25) is 9.78 Å². The molecule has 0 radical (unpaired) electrons. The van der Waals surface area contributed by atoms with E-state index in [4.69, 9.17) is 9.84 Å². The fraction of sp³-hybridized carbons (Fsp3) is 0.174. The van der Waals surface area contributed by atoms with Gasteiger partial charge in [0.15, 0.2) is 11.6 Å². The zero-order valence-electron chi connectivity index (χ0n) is 17.6. The number of rotatable bonds is 5. The number of carbonyl (C=O) groups is 2. The van der Waals surface area contributed by atoms with E-state index < -0.39 is 46.7 Å². The summed E-state index contributed by atoms with van der Waals surface area (Å²) >= 11 is 0. The lowest BCUT2D eigenvalue weighted by Gasteiger charge is -2.39. The van der Waals surface area contributed by atoms with Crippen molar-refractivity contribution < 1.29 is 46.8 Å². The number of hydrogen-bond donors (Lipinski definition) is 3. The third-order valence-electron chi connectivity index (χ3n) is 5.38. The van der Waals surface area contributed by atoms with Crippen LogP contribution in [0.25, 0.3) is 0 Å². The van der Waals surface area contributed by atoms with E-state index in [2.05, 4.69) is 15.0 Å². The number of carboxylic acids is 1. The van der Waals surface area contributed by atoms with Gasteiger partial charge in [-0.05, 0) is 48.0 Å². The molecule has 1 aliphatic heterocycles. The summed E-state index contributed by atoms with van der Waals surface area (Å²) in [6.07, 6.45) is -3.68. The molecule has 0 spiro atoms. The maximum absolute atomic E-state index is 14.6. The SMILES string of the molecule is O=C(N[C@]1(c2ccc(OC(F)(F)F)c(F)c2)CCOc2cccnc21)c1ccc(C(=O)O)c(O)c1. The van der Waals surface area contributed by atoms with E-state index in [-0.39, 0.29) is 35.6 Å². The van der Waals surface area contributed by atoms with Crippen molar-refractivity contribution in [1.29, 1.82) is 0 Å². The van der Waals surface area contributed by atoms with Crippen molar-refractivity contribution in [3.8, 4) is 17.2 Å². The molecular formula is C23H16F4N2O6. The number of carbonyl (C=O) groups excluding carboxylic acids is 1. The van der Waals surface area contributed by atoms with E-state index in [1.54, 1.807) is 12.1 Å². The molecule has 2 aromatic carbocycles. The van der Waals surface area contributed by atoms with Gasteiger partial charge in [-0.2, -0.15) is 0 Å². The lowest BCUT2D eigenvalue weighted by atomic mass is 9.81. The molecule has 0 bridgehead atoms. The van der Waals surface area contributed by atoms with Crippen LogP contribution in [0.4, 0.5) is 17.6 Å². The second-order valence-corrected chi connectivity index (χ2v) is 7.54. The van der Waals surface area contributed by atoms with Crippen molar-refractivity contribution in [3.05, 3.63) is 82.9 Å². The molecular weight excluding hydrogens is 476 g/mol. The number of nitrogens with one attached hydrogen (secondary N) is 1. The molecule has 182 valence electrons. The van der Waals surface area contributed by atoms with Gasteiger partial charge in [0, 0.05) is 18.2 Å². The summed E-state index contributed by atoms with van der Waals surface area (Å²) in [5.41, 5.74) is -1.84. The highest BCUT2D eigenvalue weighted by atomic mass is 19.4. The Morgan fingerprint density at radius 1 is 1.14 bits per heavy atom. The van der Waals surface area contributed by atoms with Gasteiger partial charge in [-0.25, -0.2) is 9.18 Å². The average molecular weight is 492 g/mol. The molecule has 0 unspecified atom stereocenters. The number of aromatic nitrogens is 1. The molecule has 1 amide bonds. The Morgan fingerprint density at radius 2 is 1.91 bits per heavy atom. The van der Waals surface area contributed by atoms with Crippen LogP contribution in [-0.4, -0.2) is 40.0 Å². The number of ether oxygens (including phenoxy) is 2. The Labute approximate surface area is 194 Å². The molecule has 0 aliphatic carbocycles. The Bertz CT molecular complexity index is 1310. The monoisotopic (exact) mass is 492 g/mol. The van der Waals surface area contributed by atoms with Crippen molar-refractivity contribution in [3.63, 3.8) is 0 Å². The van der Waals surface area contributed by atoms with Gasteiger partial charge in [0.05, 0.1) is 6.61 Å². The third kappa shape index (κ3) is 4.67. The first-order valence-electron chi connectivity index (χ1n) is 10.0. The van der Waals surface area contributed by atoms with Crippen molar-refractivity contribution in [1.82, 2.24) is 10.3 Å². The first-order chi connectivity index (χ1) is 16.5. The Kier molecular flexibility index (Phi) is 5.97. The fourth-order valence-corrected chi connectivity index (χ4v) is 3.83. The van der Waals surface area contributed by atoms with Gasteiger partial charge in [0.25, 0.3) is 5.91 Å². The number of pyridine rings is 1. The molecule has 4 rings (SSSR count). The number of halogens is 4. The van der Waals surface area contributed by atoms with E-state index in [9.17, 15) is 32.3 Å². The zero-order valence-corrected chi connectivity index (χ0v) is 17.6. The third-order valence-corrected chi connectivity index (χ3v) is 5.38. The fourth-order valence-electron chi connectivity index (χ4n) is 3.83. The number of aromatic hydroxyl groups is 1. The van der Waals surface area contributed by atoms with E-state index in [1.807, 2.05) is 0 Å². The van der Waals surface area contributed by atoms with Gasteiger partial charge < -0.3 is 25.0 Å². The summed E-state index contributed by atoms with van der Waals surface area (Å²) < 4.78 is 61.7. The summed E-state index contributed by atoms with van der Waals surface area (Å²) in [4.78, 5) is 28.6. The van der Waals surface area contributed by atoms with Gasteiger partial charge in [0.2, 0.25) is 0 Å². The second-order valence-electron chi connectivity index (χ2n) is 7.54. The van der Waals surface area contributed by atoms with E-state index >= 15 is 0 Å². The van der Waals surface area contributed by atoms with Crippen LogP contribution in [0.5, 0.6) is 17.2 Å². The molecule has 12 heteroatoms. The summed E-state index contributed by atoms with van der Waals surface area (Å²) in [5.74, 6) is -4.94. The number of hydrogen-bond acceptors (Lipinski definition) is 6. The van der Waals surface area contributed by atoms with Crippen LogP contribution in [0.3, 0.4) is 0 Å². The number of alkyl halides is 3. The van der Waals surface area contributed by atoms with Crippen LogP contribution in [0.2, 0.25) is 0 Å². The summed E-state index contributed by atoms with van der Waals surface area (Å²) in [5, 5.41) is 21.8. The molecule has 0 saturated heterocycles. The van der Waals surface area contributed by atoms with Gasteiger partial charge >= 0.3 is 12.3 Å². The number of fused-ring (bicyclic) bond motifs is 1. The van der Waals surface area contributed by atoms with E-state index in [1.165, 1.54) is 18.3 Å². The maximum Gasteiger partial charge on any atom is 0.573 e. The topological polar surface area (TPSA) is 118 Å². The first kappa shape index (κ1) is 23.8. The van der Waals surface area contributed by atoms with Crippen LogP contribution in [0.1, 0.15) is 38.4 Å². The molecule has 0 fully saturated rings. The minimum absolute atomic E-state index is 0.0286. The van der Waals surface area contributed by atoms with Crippen LogP contribution < -0.4 is 14.8 Å². The summed E-state index contributed by atoms with van der Waals surface area (Å²) in [6, 6.07) is 9.05. The average Bonchev–Trinajstić information content (AvgIpc) is 2.79. The minimum atomic E-state index is -5.11. The van der Waals surface area contributed by atoms with Crippen LogP contribution in [0.15, 0.2) is 54.7 Å². The standard InChI is InChI=1S/C23H16F4N2O6/c24-15-11-13(4-6-17(15)35-23(25,26)27)22(7-9-34-18-2-1-8-28-19(18)22)29-20(31)12-3-5-14(21(32)33)16(30)10-12/h1-6,8,10-11,30H,7,9H2,(H,29,31)(H,32,33)/t22-/m0/s1. The summed E-state index contributed by atoms with van der Waals surface area (Å²) in [6.45, 7) is 0.0462. The molecule has 3 aromatic rings. The highest BCUT2D eigenvalue weighted by molar-refractivity contribution is 5.98. The van der Waals surface area contributed by atoms with Crippen LogP contribution in [0, 0.1) is 5.82 Å². The molecule has 1 aromatic heterocycles. The Hall–Kier alpha value is -4.35. The lowest BCUT2D eigenvalue weighted by Crippen LogP contribution is -2.50. The number of aromatic carboxylic acids is 1. The minimum Gasteiger partial charge on any atom is -0.507 e. The quantitative estimate of drug-likeness (QED) is 0.461. The highest BCUT2D eigenvalue weighted by Gasteiger charge is 2.43. The van der Waals surface area contributed by atoms with Crippen molar-refractivity contribution in [2.24, 2.45) is 0 Å². The zero-order chi connectivity index (χ0) is 25.4. The second kappa shape index (κ2) is 8.78. The van der Waals surface area contributed by atoms with E-state index in [0.29, 0.717) is 0 Å². The molecule has 3 N–H and O–H groups in total. The first-order valence-corrected chi connectivity index (χ1v) is 10.0. The molecule has 1 atom stereocenters. The van der Waals surface area contributed by atoms with Gasteiger partial charge in [-0.1, -0.05) is 6.07 Å². The number of nitrogens with zero attached hydrogens (tertiary/aromatic N) is 1. The molecule has 1 aliphatic rings. The predicted octanol–water partition coefficient (Wildman–Crippen LogP) is 3.98. The predicted molar refractivity (Wildman–Crippen MR) is 111 cm³/mol. The van der Waals surface area contributed by atoms with Crippen molar-refractivity contribution in [2.75, 3.05) is 6.61 Å². The normalized spacial score (nSPS) is 17.1. The number of benzene rings is 2. The molecule has 8 nitrogen and oxygen atoms in total. The van der Waals surface area contributed by atoms with Crippen LogP contribution in [-0.2, 0) is 5.54 Å². The van der Waals surface area contributed by atoms with Crippen molar-refractivity contribution >= 4 is 11.9 Å². The van der Waals surface area contributed by atoms with Crippen LogP contribution >= 0.6 is 0 Å². The highest BCUT2D eigenvalue weighted by Crippen LogP contribution is 2.42. The smallest absolute Gasteiger partial charge is 0.507 e. The lowest BCUT2D eigenvalue weighted by molar-refractivity contribution is -0.275. The van der Waals surface area contributed by atoms with Gasteiger partial charge in [0.1, 0.15) is 28.3 Å². The molecule has 35 heavy (non-hydrogen) atoms. The Morgan fingerprint density at radius 3 is 2.57 bits per heavy atom. The number of phenols is 1. The van der Waals surface area contributed by atoms with Crippen molar-refractivity contribution in [2.45, 2.75) is 18.3 Å². The van der Waals surface area contributed by atoms with E-state index in [0.717, 1.165) is 24.3 Å². The number of amides is 1. The maximum atomic E-state index is 14.6.